The summed E-state index contributed by atoms with van der Waals surface area (Å²) in [5, 5.41) is 10.2. The third-order valence-corrected chi connectivity index (χ3v) is 6.12. The van der Waals surface area contributed by atoms with Gasteiger partial charge in [-0.1, -0.05) is 0 Å². The van der Waals surface area contributed by atoms with Crippen LogP contribution in [-0.4, -0.2) is 58.8 Å². The van der Waals surface area contributed by atoms with Crippen LogP contribution >= 0.6 is 0 Å². The molecule has 2 N–H and O–H groups in total. The van der Waals surface area contributed by atoms with Crippen molar-refractivity contribution in [1.29, 1.82) is 0 Å². The Morgan fingerprint density at radius 1 is 1.27 bits per heavy atom. The van der Waals surface area contributed by atoms with Crippen molar-refractivity contribution >= 4 is 11.8 Å². The number of aromatic nitrogens is 2. The second kappa shape index (κ2) is 6.08. The third-order valence-electron chi connectivity index (χ3n) is 6.12. The maximum atomic E-state index is 12.6. The van der Waals surface area contributed by atoms with Crippen molar-refractivity contribution in [2.24, 2.45) is 11.8 Å². The fourth-order valence-corrected chi connectivity index (χ4v) is 4.21. The van der Waals surface area contributed by atoms with Crippen LogP contribution in [0.2, 0.25) is 0 Å². The molecule has 1 spiro atoms. The van der Waals surface area contributed by atoms with Gasteiger partial charge in [-0.2, -0.15) is 5.10 Å². The highest BCUT2D eigenvalue weighted by molar-refractivity contribution is 5.93. The van der Waals surface area contributed by atoms with Gasteiger partial charge in [-0.25, -0.2) is 0 Å². The fourth-order valence-electron chi connectivity index (χ4n) is 4.21. The Bertz CT molecular complexity index is 716. The van der Waals surface area contributed by atoms with E-state index in [0.717, 1.165) is 18.7 Å². The summed E-state index contributed by atoms with van der Waals surface area (Å²) in [5.41, 5.74) is 1.35. The van der Waals surface area contributed by atoms with Gasteiger partial charge >= 0.3 is 0 Å². The van der Waals surface area contributed by atoms with Crippen molar-refractivity contribution in [3.05, 3.63) is 17.5 Å². The standard InChI is InChI=1S/C19H26N4O3/c24-17(20-8-12-1-2-12)5-13-7-19(26-9-13)10-23(11-19)18(25)16-6-15(21-22-16)14-3-4-14/h6,12-14H,1-5,7-11H2,(H,20,24)(H,21,22). The highest BCUT2D eigenvalue weighted by Gasteiger charge is 2.51. The normalized spacial score (nSPS) is 26.8. The van der Waals surface area contributed by atoms with Crippen molar-refractivity contribution in [2.75, 3.05) is 26.2 Å². The van der Waals surface area contributed by atoms with E-state index in [1.807, 2.05) is 11.0 Å². The zero-order chi connectivity index (χ0) is 17.7. The number of nitrogens with one attached hydrogen (secondary N) is 2. The summed E-state index contributed by atoms with van der Waals surface area (Å²) in [7, 11) is 0. The molecule has 2 saturated carbocycles. The molecule has 0 aromatic carbocycles. The second-order valence-corrected chi connectivity index (χ2v) is 8.66. The Morgan fingerprint density at radius 2 is 2.08 bits per heavy atom. The average molecular weight is 358 g/mol. The van der Waals surface area contributed by atoms with Gasteiger partial charge in [0.2, 0.25) is 5.91 Å². The first kappa shape index (κ1) is 16.3. The number of carbonyl (C=O) groups is 2. The largest absolute Gasteiger partial charge is 0.371 e. The van der Waals surface area contributed by atoms with E-state index in [2.05, 4.69) is 15.5 Å². The lowest BCUT2D eigenvalue weighted by Crippen LogP contribution is -2.63. The van der Waals surface area contributed by atoms with Gasteiger partial charge in [0.15, 0.2) is 0 Å². The van der Waals surface area contributed by atoms with E-state index in [1.165, 1.54) is 25.7 Å². The first-order valence-electron chi connectivity index (χ1n) is 9.85. The molecule has 26 heavy (non-hydrogen) atoms. The van der Waals surface area contributed by atoms with Gasteiger partial charge in [0.05, 0.1) is 19.7 Å². The first-order valence-corrected chi connectivity index (χ1v) is 9.85. The van der Waals surface area contributed by atoms with E-state index in [1.54, 1.807) is 0 Å². The number of hydrogen-bond acceptors (Lipinski definition) is 4. The summed E-state index contributed by atoms with van der Waals surface area (Å²) in [6.07, 6.45) is 6.27. The SMILES string of the molecule is O=C(CC1COC2(C1)CN(C(=O)c1cc(C3CC3)[nH]n1)C2)NCC1CC1. The van der Waals surface area contributed by atoms with Crippen molar-refractivity contribution in [1.82, 2.24) is 20.4 Å². The van der Waals surface area contributed by atoms with Crippen LogP contribution in [0.4, 0.5) is 0 Å². The van der Waals surface area contributed by atoms with Crippen LogP contribution in [0.15, 0.2) is 6.07 Å². The van der Waals surface area contributed by atoms with E-state index in [-0.39, 0.29) is 23.3 Å². The van der Waals surface area contributed by atoms with Gasteiger partial charge in [-0.3, -0.25) is 14.7 Å². The fraction of sp³-hybridized carbons (Fsp3) is 0.737. The minimum Gasteiger partial charge on any atom is -0.371 e. The van der Waals surface area contributed by atoms with Crippen LogP contribution in [-0.2, 0) is 9.53 Å². The number of carbonyl (C=O) groups excluding carboxylic acids is 2. The molecule has 0 bridgehead atoms. The van der Waals surface area contributed by atoms with E-state index in [0.29, 0.717) is 43.6 Å². The molecule has 3 heterocycles. The van der Waals surface area contributed by atoms with Gasteiger partial charge in [0, 0.05) is 24.6 Å². The predicted octanol–water partition coefficient (Wildman–Crippen LogP) is 1.43. The molecule has 1 unspecified atom stereocenters. The minimum atomic E-state index is -0.243. The number of aromatic amines is 1. The Morgan fingerprint density at radius 3 is 2.81 bits per heavy atom. The molecule has 1 atom stereocenters. The number of hydrogen-bond donors (Lipinski definition) is 2. The molecular formula is C19H26N4O3. The van der Waals surface area contributed by atoms with Crippen molar-refractivity contribution in [2.45, 2.75) is 50.0 Å². The topological polar surface area (TPSA) is 87.3 Å². The first-order chi connectivity index (χ1) is 12.6. The van der Waals surface area contributed by atoms with Crippen molar-refractivity contribution in [3.63, 3.8) is 0 Å². The highest BCUT2D eigenvalue weighted by atomic mass is 16.5. The molecule has 2 saturated heterocycles. The lowest BCUT2D eigenvalue weighted by atomic mass is 9.85. The Balaban J connectivity index is 1.10. The number of nitrogens with zero attached hydrogens (tertiary/aromatic N) is 2. The Labute approximate surface area is 152 Å². The maximum Gasteiger partial charge on any atom is 0.274 e. The molecule has 4 aliphatic rings. The van der Waals surface area contributed by atoms with E-state index in [9.17, 15) is 9.59 Å². The molecule has 4 fully saturated rings. The third kappa shape index (κ3) is 3.24. The Hall–Kier alpha value is -1.89. The second-order valence-electron chi connectivity index (χ2n) is 8.66. The van der Waals surface area contributed by atoms with Crippen LogP contribution in [0.3, 0.4) is 0 Å². The van der Waals surface area contributed by atoms with Gasteiger partial charge in [0.25, 0.3) is 5.91 Å². The van der Waals surface area contributed by atoms with Gasteiger partial charge in [-0.05, 0) is 50.0 Å². The zero-order valence-corrected chi connectivity index (χ0v) is 15.0. The summed E-state index contributed by atoms with van der Waals surface area (Å²) < 4.78 is 6.00. The molecule has 2 aliphatic heterocycles. The van der Waals surface area contributed by atoms with E-state index >= 15 is 0 Å². The minimum absolute atomic E-state index is 0.0204. The van der Waals surface area contributed by atoms with Crippen LogP contribution in [0.25, 0.3) is 0 Å². The zero-order valence-electron chi connectivity index (χ0n) is 15.0. The van der Waals surface area contributed by atoms with Gasteiger partial charge < -0.3 is 15.0 Å². The maximum absolute atomic E-state index is 12.6. The summed E-state index contributed by atoms with van der Waals surface area (Å²) in [6, 6.07) is 1.90. The Kier molecular flexibility index (Phi) is 3.81. The molecule has 140 valence electrons. The predicted molar refractivity (Wildman–Crippen MR) is 93.6 cm³/mol. The van der Waals surface area contributed by atoms with Crippen LogP contribution in [0, 0.1) is 11.8 Å². The molecule has 0 radical (unpaired) electrons. The molecule has 2 aliphatic carbocycles. The quantitative estimate of drug-likeness (QED) is 0.805. The number of likely N-dealkylation sites (tertiary alicyclic amines) is 1. The molecule has 5 rings (SSSR count). The lowest BCUT2D eigenvalue weighted by Gasteiger charge is -2.46. The number of amides is 2. The van der Waals surface area contributed by atoms with Crippen LogP contribution < -0.4 is 5.32 Å². The van der Waals surface area contributed by atoms with Crippen LogP contribution in [0.1, 0.15) is 60.6 Å². The van der Waals surface area contributed by atoms with Crippen molar-refractivity contribution < 1.29 is 14.3 Å². The summed E-state index contributed by atoms with van der Waals surface area (Å²) in [5.74, 6) is 1.65. The number of rotatable bonds is 6. The number of H-pyrrole nitrogens is 1. The molecule has 2 amide bonds. The van der Waals surface area contributed by atoms with E-state index < -0.39 is 0 Å². The smallest absolute Gasteiger partial charge is 0.274 e. The average Bonchev–Trinajstić information content (AvgIpc) is 3.52. The summed E-state index contributed by atoms with van der Waals surface area (Å²) in [4.78, 5) is 26.4. The van der Waals surface area contributed by atoms with Crippen LogP contribution in [0.5, 0.6) is 0 Å². The monoisotopic (exact) mass is 358 g/mol. The van der Waals surface area contributed by atoms with E-state index in [4.69, 9.17) is 4.74 Å². The number of ether oxygens (including phenoxy) is 1. The molecule has 7 nitrogen and oxygen atoms in total. The summed E-state index contributed by atoms with van der Waals surface area (Å²) in [6.45, 7) is 2.66. The lowest BCUT2D eigenvalue weighted by molar-refractivity contribution is -0.122. The summed E-state index contributed by atoms with van der Waals surface area (Å²) >= 11 is 0. The molecule has 1 aromatic rings. The molecule has 7 heteroatoms. The van der Waals surface area contributed by atoms with Crippen molar-refractivity contribution in [3.8, 4) is 0 Å². The molecule has 1 aromatic heterocycles. The molecular weight excluding hydrogens is 332 g/mol. The van der Waals surface area contributed by atoms with Gasteiger partial charge in [-0.15, -0.1) is 0 Å². The highest BCUT2D eigenvalue weighted by Crippen LogP contribution is 2.41. The van der Waals surface area contributed by atoms with Gasteiger partial charge in [0.1, 0.15) is 11.3 Å².